The number of esters is 1. The molecule has 1 N–H and O–H groups in total. The molecule has 1 amide bonds. The summed E-state index contributed by atoms with van der Waals surface area (Å²) in [7, 11) is 0. The monoisotopic (exact) mass is 352 g/mol. The van der Waals surface area contributed by atoms with Crippen molar-refractivity contribution in [1.29, 1.82) is 0 Å². The first-order valence-electron chi connectivity index (χ1n) is 9.07. The van der Waals surface area contributed by atoms with Gasteiger partial charge in [0.15, 0.2) is 0 Å². The third-order valence-corrected chi connectivity index (χ3v) is 4.52. The predicted octanol–water partition coefficient (Wildman–Crippen LogP) is 3.81. The average molecular weight is 352 g/mol. The van der Waals surface area contributed by atoms with E-state index in [1.54, 1.807) is 36.2 Å². The van der Waals surface area contributed by atoms with Crippen molar-refractivity contribution >= 4 is 17.6 Å². The van der Waals surface area contributed by atoms with Crippen LogP contribution >= 0.6 is 0 Å². The summed E-state index contributed by atoms with van der Waals surface area (Å²) in [5, 5.41) is 1.75. The number of piperidine rings is 1. The minimum Gasteiger partial charge on any atom is -0.462 e. The Labute approximate surface area is 153 Å². The van der Waals surface area contributed by atoms with Crippen LogP contribution in [0.2, 0.25) is 0 Å². The Morgan fingerprint density at radius 3 is 2.58 bits per heavy atom. The molecule has 1 aliphatic rings. The Bertz CT molecular complexity index is 744. The smallest absolute Gasteiger partial charge is 0.338 e. The number of hydrogen-bond acceptors (Lipinski definition) is 4. The quantitative estimate of drug-likeness (QED) is 0.803. The zero-order valence-corrected chi connectivity index (χ0v) is 15.0. The molecule has 5 nitrogen and oxygen atoms in total. The Hall–Kier alpha value is -2.82. The molecule has 0 aliphatic carbocycles. The van der Waals surface area contributed by atoms with Crippen LogP contribution in [0, 0.1) is 0 Å². The molecule has 1 heterocycles. The van der Waals surface area contributed by atoms with E-state index in [0.717, 1.165) is 24.9 Å². The summed E-state index contributed by atoms with van der Waals surface area (Å²) in [6, 6.07) is 17.3. The van der Waals surface area contributed by atoms with Gasteiger partial charge in [-0.1, -0.05) is 30.3 Å². The minimum atomic E-state index is -0.338. The second-order valence-electron chi connectivity index (χ2n) is 6.41. The largest absolute Gasteiger partial charge is 0.462 e. The molecule has 0 spiro atoms. The summed E-state index contributed by atoms with van der Waals surface area (Å²) >= 11 is 0. The summed E-state index contributed by atoms with van der Waals surface area (Å²) in [6.07, 6.45) is 3.25. The van der Waals surface area contributed by atoms with Crippen LogP contribution in [0.15, 0.2) is 54.6 Å². The van der Waals surface area contributed by atoms with E-state index >= 15 is 0 Å². The van der Waals surface area contributed by atoms with Gasteiger partial charge in [0.1, 0.15) is 0 Å². The maximum Gasteiger partial charge on any atom is 0.338 e. The molecule has 1 aliphatic heterocycles. The molecular weight excluding hydrogens is 328 g/mol. The number of hydrogen-bond donors (Lipinski definition) is 1. The first-order valence-corrected chi connectivity index (χ1v) is 9.07. The number of rotatable bonds is 6. The molecule has 0 bridgehead atoms. The van der Waals surface area contributed by atoms with Crippen LogP contribution in [0.1, 0.15) is 42.1 Å². The van der Waals surface area contributed by atoms with Gasteiger partial charge in [-0.3, -0.25) is 15.2 Å². The number of hydrazine groups is 1. The van der Waals surface area contributed by atoms with Crippen molar-refractivity contribution in [2.45, 2.75) is 38.6 Å². The third-order valence-electron chi connectivity index (χ3n) is 4.52. The van der Waals surface area contributed by atoms with E-state index in [4.69, 9.17) is 4.74 Å². The van der Waals surface area contributed by atoms with Crippen LogP contribution in [0.5, 0.6) is 0 Å². The Balaban J connectivity index is 1.70. The highest BCUT2D eigenvalue weighted by molar-refractivity contribution is 5.89. The van der Waals surface area contributed by atoms with E-state index in [-0.39, 0.29) is 17.9 Å². The summed E-state index contributed by atoms with van der Waals surface area (Å²) < 4.78 is 4.99. The van der Waals surface area contributed by atoms with E-state index in [0.29, 0.717) is 18.6 Å². The van der Waals surface area contributed by atoms with Gasteiger partial charge in [-0.15, -0.1) is 0 Å². The topological polar surface area (TPSA) is 58.6 Å². The summed E-state index contributed by atoms with van der Waals surface area (Å²) in [4.78, 5) is 24.2. The SMILES string of the molecule is CCOC(=O)c1ccc(NN2C(=O)CCCC2Cc2ccccc2)cc1. The fraction of sp³-hybridized carbons (Fsp3) is 0.333. The third kappa shape index (κ3) is 4.42. The lowest BCUT2D eigenvalue weighted by atomic mass is 9.96. The number of carbonyl (C=O) groups is 2. The van der Waals surface area contributed by atoms with Crippen molar-refractivity contribution in [2.24, 2.45) is 0 Å². The van der Waals surface area contributed by atoms with Gasteiger partial charge in [0, 0.05) is 6.42 Å². The Kier molecular flexibility index (Phi) is 5.89. The standard InChI is InChI=1S/C21H24N2O3/c1-2-26-21(25)17-11-13-18(14-12-17)22-23-19(9-6-10-20(23)24)15-16-7-4-3-5-8-16/h3-5,7-8,11-14,19,22H,2,6,9-10,15H2,1H3. The molecule has 2 aromatic carbocycles. The molecule has 26 heavy (non-hydrogen) atoms. The van der Waals surface area contributed by atoms with E-state index in [2.05, 4.69) is 17.6 Å². The second-order valence-corrected chi connectivity index (χ2v) is 6.41. The summed E-state index contributed by atoms with van der Waals surface area (Å²) in [5.74, 6) is -0.235. The van der Waals surface area contributed by atoms with Crippen molar-refractivity contribution in [2.75, 3.05) is 12.0 Å². The van der Waals surface area contributed by atoms with Crippen molar-refractivity contribution < 1.29 is 14.3 Å². The highest BCUT2D eigenvalue weighted by atomic mass is 16.5. The molecule has 0 radical (unpaired) electrons. The van der Waals surface area contributed by atoms with E-state index in [1.807, 2.05) is 18.2 Å². The summed E-state index contributed by atoms with van der Waals surface area (Å²) in [5.41, 5.74) is 5.74. The number of anilines is 1. The van der Waals surface area contributed by atoms with Crippen molar-refractivity contribution in [3.05, 3.63) is 65.7 Å². The number of nitrogens with zero attached hydrogens (tertiary/aromatic N) is 1. The number of nitrogens with one attached hydrogen (secondary N) is 1. The normalized spacial score (nSPS) is 17.0. The lowest BCUT2D eigenvalue weighted by Gasteiger charge is -2.36. The van der Waals surface area contributed by atoms with Gasteiger partial charge in [-0.05, 0) is 56.0 Å². The van der Waals surface area contributed by atoms with Crippen LogP contribution in [-0.4, -0.2) is 29.5 Å². The highest BCUT2D eigenvalue weighted by Crippen LogP contribution is 2.23. The number of benzene rings is 2. The molecule has 1 saturated heterocycles. The Morgan fingerprint density at radius 2 is 1.88 bits per heavy atom. The zero-order valence-electron chi connectivity index (χ0n) is 15.0. The first-order chi connectivity index (χ1) is 12.7. The molecular formula is C21H24N2O3. The van der Waals surface area contributed by atoms with Crippen molar-refractivity contribution in [3.63, 3.8) is 0 Å². The number of carbonyl (C=O) groups excluding carboxylic acids is 2. The zero-order chi connectivity index (χ0) is 18.4. The minimum absolute atomic E-state index is 0.103. The van der Waals surface area contributed by atoms with E-state index < -0.39 is 0 Å². The molecule has 136 valence electrons. The van der Waals surface area contributed by atoms with Crippen molar-refractivity contribution in [1.82, 2.24) is 5.01 Å². The molecule has 0 saturated carbocycles. The Morgan fingerprint density at radius 1 is 1.15 bits per heavy atom. The van der Waals surface area contributed by atoms with Gasteiger partial charge in [0.2, 0.25) is 5.91 Å². The van der Waals surface area contributed by atoms with Gasteiger partial charge in [-0.25, -0.2) is 4.79 Å². The fourth-order valence-corrected chi connectivity index (χ4v) is 3.21. The van der Waals surface area contributed by atoms with E-state index in [9.17, 15) is 9.59 Å². The van der Waals surface area contributed by atoms with Gasteiger partial charge in [0.05, 0.1) is 23.9 Å². The van der Waals surface area contributed by atoms with Crippen LogP contribution in [0.25, 0.3) is 0 Å². The molecule has 1 unspecified atom stereocenters. The van der Waals surface area contributed by atoms with Gasteiger partial charge in [0.25, 0.3) is 0 Å². The molecule has 3 rings (SSSR count). The number of ether oxygens (including phenoxy) is 1. The lowest BCUT2D eigenvalue weighted by molar-refractivity contribution is -0.134. The highest BCUT2D eigenvalue weighted by Gasteiger charge is 2.28. The average Bonchev–Trinajstić information content (AvgIpc) is 2.66. The maximum atomic E-state index is 12.4. The molecule has 5 heteroatoms. The van der Waals surface area contributed by atoms with Crippen LogP contribution in [0.4, 0.5) is 5.69 Å². The predicted molar refractivity (Wildman–Crippen MR) is 101 cm³/mol. The lowest BCUT2D eigenvalue weighted by Crippen LogP contribution is -2.48. The second kappa shape index (κ2) is 8.52. The molecule has 0 aromatic heterocycles. The van der Waals surface area contributed by atoms with Crippen LogP contribution in [-0.2, 0) is 16.0 Å². The van der Waals surface area contributed by atoms with Crippen LogP contribution < -0.4 is 5.43 Å². The van der Waals surface area contributed by atoms with Crippen LogP contribution in [0.3, 0.4) is 0 Å². The molecule has 1 fully saturated rings. The molecule has 1 atom stereocenters. The van der Waals surface area contributed by atoms with Gasteiger partial charge in [-0.2, -0.15) is 0 Å². The van der Waals surface area contributed by atoms with Gasteiger partial charge >= 0.3 is 5.97 Å². The van der Waals surface area contributed by atoms with Crippen molar-refractivity contribution in [3.8, 4) is 0 Å². The first kappa shape index (κ1) is 18.0. The summed E-state index contributed by atoms with van der Waals surface area (Å²) in [6.45, 7) is 2.13. The van der Waals surface area contributed by atoms with E-state index in [1.165, 1.54) is 5.56 Å². The molecule has 2 aromatic rings. The maximum absolute atomic E-state index is 12.4. The fourth-order valence-electron chi connectivity index (χ4n) is 3.21. The van der Waals surface area contributed by atoms with Gasteiger partial charge < -0.3 is 4.74 Å². The number of amides is 1.